The Morgan fingerprint density at radius 1 is 1.07 bits per heavy atom. The molecule has 0 bridgehead atoms. The van der Waals surface area contributed by atoms with Gasteiger partial charge in [0.05, 0.1) is 28.6 Å². The van der Waals surface area contributed by atoms with E-state index in [2.05, 4.69) is 0 Å². The summed E-state index contributed by atoms with van der Waals surface area (Å²) in [5.41, 5.74) is 1.03. The number of hydroxylamine groups is 2. The Kier molecular flexibility index (Phi) is 5.46. The molecule has 1 unspecified atom stereocenters. The summed E-state index contributed by atoms with van der Waals surface area (Å²) in [5.74, 6) is -2.48. The quantitative estimate of drug-likeness (QED) is 0.312. The smallest absolute Gasteiger partial charge is 0.311 e. The van der Waals surface area contributed by atoms with Gasteiger partial charge in [0.2, 0.25) is 0 Å². The van der Waals surface area contributed by atoms with Crippen LogP contribution in [0.1, 0.15) is 33.2 Å². The second kappa shape index (κ2) is 7.97. The van der Waals surface area contributed by atoms with Crippen molar-refractivity contribution in [2.75, 3.05) is 6.61 Å². The molecule has 0 radical (unpaired) electrons. The predicted molar refractivity (Wildman–Crippen MR) is 95.0 cm³/mol. The van der Waals surface area contributed by atoms with Crippen LogP contribution in [0, 0.1) is 16.0 Å². The topological polar surface area (TPSA) is 116 Å². The SMILES string of the molecule is CC(CON1C(=O)c2ccccc2C1=O)C(=O)OCc1ccc([N+](=O)[O-])cc1. The van der Waals surface area contributed by atoms with Crippen molar-refractivity contribution < 1.29 is 28.9 Å². The largest absolute Gasteiger partial charge is 0.461 e. The van der Waals surface area contributed by atoms with Crippen molar-refractivity contribution in [2.45, 2.75) is 13.5 Å². The summed E-state index contributed by atoms with van der Waals surface area (Å²) in [7, 11) is 0. The van der Waals surface area contributed by atoms with Crippen molar-refractivity contribution in [3.63, 3.8) is 0 Å². The molecule has 1 atom stereocenters. The molecule has 0 aliphatic carbocycles. The van der Waals surface area contributed by atoms with E-state index >= 15 is 0 Å². The van der Waals surface area contributed by atoms with Crippen LogP contribution in [0.5, 0.6) is 0 Å². The second-order valence-corrected chi connectivity index (χ2v) is 6.18. The molecule has 1 aliphatic heterocycles. The summed E-state index contributed by atoms with van der Waals surface area (Å²) < 4.78 is 5.14. The number of nitro groups is 1. The van der Waals surface area contributed by atoms with Crippen LogP contribution in [0.15, 0.2) is 48.5 Å². The van der Waals surface area contributed by atoms with Gasteiger partial charge in [-0.05, 0) is 36.8 Å². The Balaban J connectivity index is 1.50. The molecule has 2 aromatic carbocycles. The number of hydrogen-bond donors (Lipinski definition) is 0. The number of carbonyl (C=O) groups is 3. The highest BCUT2D eigenvalue weighted by molar-refractivity contribution is 6.20. The fraction of sp³-hybridized carbons (Fsp3) is 0.211. The summed E-state index contributed by atoms with van der Waals surface area (Å²) in [6.45, 7) is 1.26. The van der Waals surface area contributed by atoms with Crippen molar-refractivity contribution in [3.05, 3.63) is 75.3 Å². The minimum Gasteiger partial charge on any atom is -0.461 e. The number of ether oxygens (including phenoxy) is 1. The van der Waals surface area contributed by atoms with Gasteiger partial charge in [0.15, 0.2) is 0 Å². The summed E-state index contributed by atoms with van der Waals surface area (Å²) in [6.07, 6.45) is 0. The first-order valence-electron chi connectivity index (χ1n) is 8.39. The maximum atomic E-state index is 12.2. The van der Waals surface area contributed by atoms with Crippen LogP contribution in [0.25, 0.3) is 0 Å². The molecule has 0 fully saturated rings. The molecule has 1 heterocycles. The van der Waals surface area contributed by atoms with Gasteiger partial charge in [-0.1, -0.05) is 12.1 Å². The lowest BCUT2D eigenvalue weighted by atomic mass is 10.1. The normalized spacial score (nSPS) is 14.0. The van der Waals surface area contributed by atoms with Gasteiger partial charge >= 0.3 is 5.97 Å². The summed E-state index contributed by atoms with van der Waals surface area (Å²) in [6, 6.07) is 12.0. The molecule has 9 heteroatoms. The van der Waals surface area contributed by atoms with Crippen LogP contribution >= 0.6 is 0 Å². The first kappa shape index (κ1) is 19.2. The van der Waals surface area contributed by atoms with Crippen molar-refractivity contribution in [1.29, 1.82) is 0 Å². The fourth-order valence-electron chi connectivity index (χ4n) is 2.55. The minimum absolute atomic E-state index is 0.0576. The number of benzene rings is 2. The molecule has 2 aromatic rings. The number of rotatable bonds is 7. The first-order chi connectivity index (χ1) is 13.4. The van der Waals surface area contributed by atoms with Gasteiger partial charge in [0.25, 0.3) is 17.5 Å². The van der Waals surface area contributed by atoms with E-state index in [1.165, 1.54) is 43.3 Å². The molecule has 0 N–H and O–H groups in total. The molecular formula is C19H16N2O7. The number of nitrogens with zero attached hydrogens (tertiary/aromatic N) is 2. The van der Waals surface area contributed by atoms with E-state index in [1.807, 2.05) is 0 Å². The molecule has 28 heavy (non-hydrogen) atoms. The molecule has 2 amide bonds. The maximum Gasteiger partial charge on any atom is 0.311 e. The van der Waals surface area contributed by atoms with Gasteiger partial charge in [-0.3, -0.25) is 29.3 Å². The van der Waals surface area contributed by atoms with Gasteiger partial charge in [-0.2, -0.15) is 0 Å². The fourth-order valence-corrected chi connectivity index (χ4v) is 2.55. The number of non-ortho nitro benzene ring substituents is 1. The van der Waals surface area contributed by atoms with Gasteiger partial charge in [-0.15, -0.1) is 5.06 Å². The predicted octanol–water partition coefficient (Wildman–Crippen LogP) is 2.50. The van der Waals surface area contributed by atoms with Gasteiger partial charge in [0.1, 0.15) is 6.61 Å². The van der Waals surface area contributed by atoms with Crippen LogP contribution < -0.4 is 0 Å². The number of nitro benzene ring substituents is 1. The average molecular weight is 384 g/mol. The number of fused-ring (bicyclic) bond motifs is 1. The molecule has 9 nitrogen and oxygen atoms in total. The number of hydrogen-bond acceptors (Lipinski definition) is 7. The van der Waals surface area contributed by atoms with Crippen molar-refractivity contribution >= 4 is 23.5 Å². The molecule has 3 rings (SSSR count). The minimum atomic E-state index is -0.734. The van der Waals surface area contributed by atoms with E-state index < -0.39 is 28.6 Å². The monoisotopic (exact) mass is 384 g/mol. The Bertz CT molecular complexity index is 905. The number of esters is 1. The number of imide groups is 1. The zero-order valence-corrected chi connectivity index (χ0v) is 14.9. The van der Waals surface area contributed by atoms with E-state index in [1.54, 1.807) is 12.1 Å². The van der Waals surface area contributed by atoms with Gasteiger partial charge in [0, 0.05) is 12.1 Å². The maximum absolute atomic E-state index is 12.2. The molecule has 0 spiro atoms. The van der Waals surface area contributed by atoms with Gasteiger partial charge in [-0.25, -0.2) is 0 Å². The zero-order chi connectivity index (χ0) is 20.3. The van der Waals surface area contributed by atoms with E-state index in [4.69, 9.17) is 9.57 Å². The lowest BCUT2D eigenvalue weighted by Gasteiger charge is -2.16. The van der Waals surface area contributed by atoms with Crippen molar-refractivity contribution in [2.24, 2.45) is 5.92 Å². The highest BCUT2D eigenvalue weighted by Gasteiger charge is 2.37. The second-order valence-electron chi connectivity index (χ2n) is 6.18. The Hall–Kier alpha value is -3.59. The lowest BCUT2D eigenvalue weighted by Crippen LogP contribution is -2.33. The third-order valence-corrected chi connectivity index (χ3v) is 4.14. The average Bonchev–Trinajstić information content (AvgIpc) is 2.95. The summed E-state index contributed by atoms with van der Waals surface area (Å²) in [5, 5.41) is 11.3. The Morgan fingerprint density at radius 2 is 1.64 bits per heavy atom. The molecule has 144 valence electrons. The van der Waals surface area contributed by atoms with Crippen molar-refractivity contribution in [1.82, 2.24) is 5.06 Å². The van der Waals surface area contributed by atoms with E-state index in [0.717, 1.165) is 0 Å². The number of amides is 2. The lowest BCUT2D eigenvalue weighted by molar-refractivity contribution is -0.384. The van der Waals surface area contributed by atoms with E-state index in [-0.39, 0.29) is 30.0 Å². The number of carbonyl (C=O) groups excluding carboxylic acids is 3. The van der Waals surface area contributed by atoms with Crippen LogP contribution in [0.2, 0.25) is 0 Å². The third kappa shape index (κ3) is 3.89. The Morgan fingerprint density at radius 3 is 2.18 bits per heavy atom. The van der Waals surface area contributed by atoms with Crippen LogP contribution in [-0.2, 0) is 21.0 Å². The molecule has 0 aromatic heterocycles. The highest BCUT2D eigenvalue weighted by Crippen LogP contribution is 2.23. The Labute approximate surface area is 159 Å². The van der Waals surface area contributed by atoms with E-state index in [9.17, 15) is 24.5 Å². The third-order valence-electron chi connectivity index (χ3n) is 4.14. The van der Waals surface area contributed by atoms with Crippen molar-refractivity contribution in [3.8, 4) is 0 Å². The molecule has 0 saturated carbocycles. The van der Waals surface area contributed by atoms with Crippen LogP contribution in [0.3, 0.4) is 0 Å². The van der Waals surface area contributed by atoms with Crippen LogP contribution in [0.4, 0.5) is 5.69 Å². The highest BCUT2D eigenvalue weighted by atomic mass is 16.7. The molecule has 0 saturated heterocycles. The van der Waals surface area contributed by atoms with Gasteiger partial charge < -0.3 is 4.74 Å². The summed E-state index contributed by atoms with van der Waals surface area (Å²) >= 11 is 0. The molecule has 1 aliphatic rings. The first-order valence-corrected chi connectivity index (χ1v) is 8.39. The van der Waals surface area contributed by atoms with E-state index in [0.29, 0.717) is 10.6 Å². The zero-order valence-electron chi connectivity index (χ0n) is 14.9. The molecular weight excluding hydrogens is 368 g/mol. The summed E-state index contributed by atoms with van der Waals surface area (Å²) in [4.78, 5) is 51.8. The van der Waals surface area contributed by atoms with Crippen LogP contribution in [-0.4, -0.2) is 34.4 Å². The standard InChI is InChI=1S/C19H16N2O7/c1-12(19(24)27-11-13-6-8-14(9-7-13)21(25)26)10-28-20-17(22)15-4-2-3-5-16(15)18(20)23/h2-9,12H,10-11H2,1H3.